The van der Waals surface area contributed by atoms with Crippen molar-refractivity contribution in [2.24, 2.45) is 29.6 Å². The Hall–Kier alpha value is -2.06. The lowest BCUT2D eigenvalue weighted by Gasteiger charge is -2.34. The van der Waals surface area contributed by atoms with Gasteiger partial charge in [-0.1, -0.05) is 40.7 Å². The maximum Gasteiger partial charge on any atom is 0.261 e. The van der Waals surface area contributed by atoms with Gasteiger partial charge < -0.3 is 71.3 Å². The monoisotopic (exact) mass is 793 g/mol. The summed E-state index contributed by atoms with van der Waals surface area (Å²) in [6, 6.07) is 0. The summed E-state index contributed by atoms with van der Waals surface area (Å²) in [5.74, 6) is -4.21. The van der Waals surface area contributed by atoms with E-state index in [1.54, 1.807) is 13.0 Å². The zero-order chi connectivity index (χ0) is 42.6. The van der Waals surface area contributed by atoms with Crippen LogP contribution >= 0.6 is 0 Å². The summed E-state index contributed by atoms with van der Waals surface area (Å²) in [6.45, 7) is 11.1. The molecule has 1 rings (SSSR count). The highest BCUT2D eigenvalue weighted by Gasteiger charge is 2.37. The van der Waals surface area contributed by atoms with Crippen molar-refractivity contribution >= 4 is 11.7 Å². The molecule has 55 heavy (non-hydrogen) atoms. The van der Waals surface area contributed by atoms with E-state index in [1.165, 1.54) is 39.6 Å². The predicted octanol–water partition coefficient (Wildman–Crippen LogP) is -0.952. The molecular formula is C39H71NO15. The number of likely N-dealkylation sites (N-methyl/N-ethyl adjacent to an activating group) is 1. The van der Waals surface area contributed by atoms with Gasteiger partial charge in [-0.2, -0.15) is 0 Å². The number of nitrogens with zero attached hydrogens (tertiary/aromatic N) is 1. The molecule has 0 aliphatic carbocycles. The Morgan fingerprint density at radius 1 is 0.582 bits per heavy atom. The third-order valence-electron chi connectivity index (χ3n) is 11.1. The Kier molecular flexibility index (Phi) is 21.7. The molecule has 1 heterocycles. The lowest BCUT2D eigenvalue weighted by molar-refractivity contribution is -0.123. The van der Waals surface area contributed by atoms with Gasteiger partial charge in [-0.3, -0.25) is 9.59 Å². The van der Waals surface area contributed by atoms with E-state index in [0.717, 1.165) is 0 Å². The van der Waals surface area contributed by atoms with Crippen LogP contribution in [0.5, 0.6) is 0 Å². The van der Waals surface area contributed by atoms with Gasteiger partial charge in [-0.15, -0.1) is 0 Å². The SMILES string of the molecule is CC(=C\C(C)CC(C)CC(O)C(O)C(C)C(O)CC(O)C(C)C(O)C(C)C(O)CC(O)CC(O)CC(O)CC(O)C(O)C(C)O)/C(O)=C1/C(=O)CN(C)C1=O. The van der Waals surface area contributed by atoms with Crippen LogP contribution in [0.15, 0.2) is 23.0 Å². The van der Waals surface area contributed by atoms with Crippen LogP contribution in [0.25, 0.3) is 0 Å². The van der Waals surface area contributed by atoms with Crippen molar-refractivity contribution in [1.29, 1.82) is 0 Å². The second-order valence-corrected chi connectivity index (χ2v) is 16.5. The molecule has 1 amide bonds. The first kappa shape index (κ1) is 51.0. The van der Waals surface area contributed by atoms with E-state index < -0.39 is 103 Å². The number of aliphatic hydroxyl groups excluding tert-OH is 13. The normalized spacial score (nSPS) is 24.7. The molecule has 0 spiro atoms. The van der Waals surface area contributed by atoms with Gasteiger partial charge in [0, 0.05) is 31.2 Å². The van der Waals surface area contributed by atoms with E-state index >= 15 is 0 Å². The molecular weight excluding hydrogens is 722 g/mol. The number of amides is 1. The fourth-order valence-electron chi connectivity index (χ4n) is 7.30. The Bertz CT molecular complexity index is 1250. The number of carbonyl (C=O) groups excluding carboxylic acids is 2. The van der Waals surface area contributed by atoms with Crippen LogP contribution in [0.3, 0.4) is 0 Å². The van der Waals surface area contributed by atoms with Crippen LogP contribution in [0, 0.1) is 29.6 Å². The number of rotatable bonds is 25. The smallest absolute Gasteiger partial charge is 0.261 e. The zero-order valence-electron chi connectivity index (χ0n) is 33.6. The van der Waals surface area contributed by atoms with Crippen LogP contribution in [0.1, 0.15) is 93.4 Å². The van der Waals surface area contributed by atoms with Gasteiger partial charge in [-0.05, 0) is 69.8 Å². The number of Topliss-reactive ketones (excluding diaryl/α,β-unsaturated/α-hetero) is 1. The molecule has 1 aliphatic heterocycles. The van der Waals surface area contributed by atoms with Crippen molar-refractivity contribution in [2.75, 3.05) is 13.6 Å². The summed E-state index contributed by atoms with van der Waals surface area (Å²) in [7, 11) is 1.47. The van der Waals surface area contributed by atoms with Crippen LogP contribution < -0.4 is 0 Å². The number of likely N-dealkylation sites (tertiary alicyclic amines) is 1. The molecule has 13 N–H and O–H groups in total. The molecule has 0 saturated carbocycles. The minimum absolute atomic E-state index is 0.0968. The Morgan fingerprint density at radius 2 is 1.00 bits per heavy atom. The summed E-state index contributed by atoms with van der Waals surface area (Å²) < 4.78 is 0. The summed E-state index contributed by atoms with van der Waals surface area (Å²) in [5.41, 5.74) is 0.133. The van der Waals surface area contributed by atoms with Gasteiger partial charge in [-0.25, -0.2) is 0 Å². The topological polar surface area (TPSA) is 300 Å². The molecule has 1 aliphatic rings. The first-order valence-electron chi connectivity index (χ1n) is 19.4. The molecule has 0 aromatic rings. The summed E-state index contributed by atoms with van der Waals surface area (Å²) in [4.78, 5) is 25.6. The van der Waals surface area contributed by atoms with Crippen molar-refractivity contribution in [2.45, 2.75) is 167 Å². The molecule has 17 atom stereocenters. The summed E-state index contributed by atoms with van der Waals surface area (Å²) in [5, 5.41) is 135. The minimum Gasteiger partial charge on any atom is -0.507 e. The Labute approximate surface area is 325 Å². The summed E-state index contributed by atoms with van der Waals surface area (Å²) >= 11 is 0. The molecule has 1 saturated heterocycles. The molecule has 0 aromatic heterocycles. The van der Waals surface area contributed by atoms with Crippen molar-refractivity contribution in [3.63, 3.8) is 0 Å². The van der Waals surface area contributed by atoms with Crippen LogP contribution in [0.2, 0.25) is 0 Å². The molecule has 0 radical (unpaired) electrons. The van der Waals surface area contributed by atoms with E-state index in [4.69, 9.17) is 0 Å². The van der Waals surface area contributed by atoms with E-state index in [9.17, 15) is 76.0 Å². The first-order valence-corrected chi connectivity index (χ1v) is 19.4. The fourth-order valence-corrected chi connectivity index (χ4v) is 7.30. The Morgan fingerprint density at radius 3 is 1.45 bits per heavy atom. The minimum atomic E-state index is -1.48. The highest BCUT2D eigenvalue weighted by Crippen LogP contribution is 2.29. The predicted molar refractivity (Wildman–Crippen MR) is 202 cm³/mol. The average molecular weight is 794 g/mol. The molecule has 16 heteroatoms. The Balaban J connectivity index is 2.63. The fraction of sp³-hybridized carbons (Fsp3) is 0.846. The third kappa shape index (κ3) is 16.0. The van der Waals surface area contributed by atoms with Crippen LogP contribution in [-0.4, -0.2) is 170 Å². The zero-order valence-corrected chi connectivity index (χ0v) is 33.6. The van der Waals surface area contributed by atoms with Gasteiger partial charge in [0.1, 0.15) is 17.4 Å². The maximum atomic E-state index is 12.2. The number of hydrogen-bond acceptors (Lipinski definition) is 15. The number of aliphatic hydroxyl groups is 13. The second kappa shape index (κ2) is 23.4. The quantitative estimate of drug-likeness (QED) is 0.0301. The average Bonchev–Trinajstić information content (AvgIpc) is 3.34. The molecule has 17 unspecified atom stereocenters. The molecule has 0 aromatic carbocycles. The van der Waals surface area contributed by atoms with Crippen LogP contribution in [-0.2, 0) is 9.59 Å². The van der Waals surface area contributed by atoms with E-state index in [-0.39, 0.29) is 68.2 Å². The van der Waals surface area contributed by atoms with Gasteiger partial charge >= 0.3 is 0 Å². The molecule has 322 valence electrons. The largest absolute Gasteiger partial charge is 0.507 e. The first-order chi connectivity index (χ1) is 25.3. The van der Waals surface area contributed by atoms with E-state index in [2.05, 4.69) is 0 Å². The highest BCUT2D eigenvalue weighted by atomic mass is 16.4. The highest BCUT2D eigenvalue weighted by molar-refractivity contribution is 6.25. The number of allylic oxidation sites excluding steroid dienone is 2. The molecule has 0 bridgehead atoms. The number of ketones is 1. The van der Waals surface area contributed by atoms with Gasteiger partial charge in [0.2, 0.25) is 0 Å². The third-order valence-corrected chi connectivity index (χ3v) is 11.1. The molecule has 16 nitrogen and oxygen atoms in total. The maximum absolute atomic E-state index is 12.2. The number of hydrogen-bond donors (Lipinski definition) is 13. The van der Waals surface area contributed by atoms with Gasteiger partial charge in [0.25, 0.3) is 5.91 Å². The molecule has 1 fully saturated rings. The van der Waals surface area contributed by atoms with Crippen molar-refractivity contribution < 1.29 is 76.0 Å². The lowest BCUT2D eigenvalue weighted by Crippen LogP contribution is -2.44. The van der Waals surface area contributed by atoms with E-state index in [1.807, 2.05) is 13.8 Å². The van der Waals surface area contributed by atoms with Gasteiger partial charge in [0.05, 0.1) is 73.7 Å². The summed E-state index contributed by atoms with van der Waals surface area (Å²) in [6.07, 6.45) is -14.5. The lowest BCUT2D eigenvalue weighted by atomic mass is 9.80. The van der Waals surface area contributed by atoms with E-state index in [0.29, 0.717) is 12.0 Å². The van der Waals surface area contributed by atoms with Crippen molar-refractivity contribution in [3.05, 3.63) is 23.0 Å². The number of carbonyl (C=O) groups is 2. The second-order valence-electron chi connectivity index (χ2n) is 16.5. The van der Waals surface area contributed by atoms with Crippen molar-refractivity contribution in [1.82, 2.24) is 4.90 Å². The standard InChI is InChI=1S/C39H71NO15/c1-18(10-20(3)35(51)34-33(50)17-40(8)39(34)55)9-19(2)11-31(48)37(53)23(6)30(47)16-29(46)22(5)36(52)21(4)28(45)14-26(43)12-25(42)13-27(44)15-32(49)38(54)24(7)41/h10,18-19,21-32,36-38,41-49,51-54H,9,11-17H2,1-8H3/b20-10+,35-34+. The van der Waals surface area contributed by atoms with Crippen molar-refractivity contribution in [3.8, 4) is 0 Å². The van der Waals surface area contributed by atoms with Crippen LogP contribution in [0.4, 0.5) is 0 Å². The van der Waals surface area contributed by atoms with Gasteiger partial charge in [0.15, 0.2) is 5.78 Å².